The lowest BCUT2D eigenvalue weighted by atomic mass is 9.96. The van der Waals surface area contributed by atoms with Crippen LogP contribution in [0.4, 0.5) is 0 Å². The fraction of sp³-hybridized carbons (Fsp3) is 0.786. The second-order valence-corrected chi connectivity index (χ2v) is 6.25. The predicted octanol–water partition coefficient (Wildman–Crippen LogP) is 1.71. The Bertz CT molecular complexity index is 445. The van der Waals surface area contributed by atoms with Crippen molar-refractivity contribution in [1.29, 1.82) is 0 Å². The van der Waals surface area contributed by atoms with E-state index in [2.05, 4.69) is 20.1 Å². The molecule has 0 aliphatic carbocycles. The van der Waals surface area contributed by atoms with E-state index < -0.39 is 0 Å². The molecule has 5 heteroatoms. The number of fused-ring (bicyclic) bond motifs is 1. The minimum absolute atomic E-state index is 0.0862. The van der Waals surface area contributed by atoms with Gasteiger partial charge in [0.2, 0.25) is 5.91 Å². The van der Waals surface area contributed by atoms with Gasteiger partial charge in [0.1, 0.15) is 11.6 Å². The van der Waals surface area contributed by atoms with Crippen molar-refractivity contribution in [2.45, 2.75) is 59.4 Å². The van der Waals surface area contributed by atoms with Crippen LogP contribution in [0.25, 0.3) is 0 Å². The van der Waals surface area contributed by atoms with Gasteiger partial charge >= 0.3 is 0 Å². The zero-order valence-corrected chi connectivity index (χ0v) is 12.2. The maximum atomic E-state index is 11.8. The predicted molar refractivity (Wildman–Crippen MR) is 73.7 cm³/mol. The highest BCUT2D eigenvalue weighted by Crippen LogP contribution is 2.15. The number of aryl methyl sites for hydroxylation is 1. The summed E-state index contributed by atoms with van der Waals surface area (Å²) in [6.45, 7) is 7.42. The fourth-order valence-corrected chi connectivity index (χ4v) is 2.28. The highest BCUT2D eigenvalue weighted by molar-refractivity contribution is 5.81. The van der Waals surface area contributed by atoms with Crippen molar-refractivity contribution in [3.8, 4) is 0 Å². The first-order valence-corrected chi connectivity index (χ1v) is 7.18. The molecule has 1 N–H and O–H groups in total. The number of nitrogens with one attached hydrogen (secondary N) is 1. The van der Waals surface area contributed by atoms with Gasteiger partial charge in [-0.3, -0.25) is 4.79 Å². The molecule has 1 aliphatic rings. The van der Waals surface area contributed by atoms with Crippen LogP contribution >= 0.6 is 0 Å². The van der Waals surface area contributed by atoms with E-state index in [-0.39, 0.29) is 11.3 Å². The Morgan fingerprint density at radius 2 is 2.05 bits per heavy atom. The van der Waals surface area contributed by atoms with Crippen molar-refractivity contribution < 1.29 is 4.79 Å². The Kier molecular flexibility index (Phi) is 4.22. The molecule has 0 bridgehead atoms. The largest absolute Gasteiger partial charge is 0.355 e. The number of nitrogens with zero attached hydrogens (tertiary/aromatic N) is 3. The fourth-order valence-electron chi connectivity index (χ4n) is 2.28. The molecule has 0 radical (unpaired) electrons. The third-order valence-electron chi connectivity index (χ3n) is 3.50. The SMILES string of the molecule is CC(C)(C)C(=O)NCCc1nnc2n1CCCCC2. The summed E-state index contributed by atoms with van der Waals surface area (Å²) < 4.78 is 2.23. The molecular weight excluding hydrogens is 240 g/mol. The second-order valence-electron chi connectivity index (χ2n) is 6.25. The molecule has 1 aliphatic heterocycles. The van der Waals surface area contributed by atoms with Crippen LogP contribution in [-0.4, -0.2) is 27.2 Å². The quantitative estimate of drug-likeness (QED) is 0.904. The molecule has 1 amide bonds. The molecule has 0 saturated heterocycles. The molecular formula is C14H24N4O. The standard InChI is InChI=1S/C14H24N4O/c1-14(2,3)13(19)15-9-8-12-17-16-11-7-5-4-6-10-18(11)12/h4-10H2,1-3H3,(H,15,19). The number of aromatic nitrogens is 3. The number of hydrogen-bond acceptors (Lipinski definition) is 3. The van der Waals surface area contributed by atoms with Gasteiger partial charge in [-0.2, -0.15) is 0 Å². The molecule has 0 aromatic carbocycles. The summed E-state index contributed by atoms with van der Waals surface area (Å²) in [6.07, 6.45) is 5.46. The number of carbonyl (C=O) groups is 1. The number of hydrogen-bond donors (Lipinski definition) is 1. The van der Waals surface area contributed by atoms with Crippen molar-refractivity contribution in [2.24, 2.45) is 5.41 Å². The molecule has 0 fully saturated rings. The average Bonchev–Trinajstić information content (AvgIpc) is 2.58. The van der Waals surface area contributed by atoms with Crippen molar-refractivity contribution in [3.05, 3.63) is 11.6 Å². The van der Waals surface area contributed by atoms with Gasteiger partial charge in [-0.05, 0) is 12.8 Å². The van der Waals surface area contributed by atoms with Crippen LogP contribution in [0.3, 0.4) is 0 Å². The summed E-state index contributed by atoms with van der Waals surface area (Å²) >= 11 is 0. The topological polar surface area (TPSA) is 59.8 Å². The van der Waals surface area contributed by atoms with Gasteiger partial charge < -0.3 is 9.88 Å². The molecule has 0 saturated carbocycles. The summed E-state index contributed by atoms with van der Waals surface area (Å²) in [6, 6.07) is 0. The zero-order chi connectivity index (χ0) is 13.9. The maximum Gasteiger partial charge on any atom is 0.225 e. The van der Waals surface area contributed by atoms with Crippen LogP contribution in [0.1, 0.15) is 51.7 Å². The van der Waals surface area contributed by atoms with E-state index >= 15 is 0 Å². The molecule has 1 aromatic heterocycles. The lowest BCUT2D eigenvalue weighted by Crippen LogP contribution is -2.36. The van der Waals surface area contributed by atoms with Gasteiger partial charge in [-0.15, -0.1) is 10.2 Å². The van der Waals surface area contributed by atoms with Gasteiger partial charge in [-0.25, -0.2) is 0 Å². The summed E-state index contributed by atoms with van der Waals surface area (Å²) in [4.78, 5) is 11.8. The van der Waals surface area contributed by atoms with Crippen LogP contribution in [0, 0.1) is 5.41 Å². The zero-order valence-electron chi connectivity index (χ0n) is 12.2. The van der Waals surface area contributed by atoms with Gasteiger partial charge in [0.15, 0.2) is 0 Å². The molecule has 1 aromatic rings. The molecule has 0 unspecified atom stereocenters. The van der Waals surface area contributed by atoms with E-state index in [0.717, 1.165) is 31.0 Å². The van der Waals surface area contributed by atoms with Gasteiger partial charge in [0, 0.05) is 31.3 Å². The van der Waals surface area contributed by atoms with Crippen molar-refractivity contribution in [3.63, 3.8) is 0 Å². The minimum atomic E-state index is -0.332. The Morgan fingerprint density at radius 3 is 2.79 bits per heavy atom. The number of amides is 1. The summed E-state index contributed by atoms with van der Waals surface area (Å²) in [5.74, 6) is 2.20. The van der Waals surface area contributed by atoms with Crippen molar-refractivity contribution in [2.75, 3.05) is 6.54 Å². The highest BCUT2D eigenvalue weighted by atomic mass is 16.2. The Balaban J connectivity index is 1.90. The van der Waals surface area contributed by atoms with Gasteiger partial charge in [0.25, 0.3) is 0 Å². The molecule has 19 heavy (non-hydrogen) atoms. The van der Waals surface area contributed by atoms with Gasteiger partial charge in [-0.1, -0.05) is 27.2 Å². The van der Waals surface area contributed by atoms with Crippen molar-refractivity contribution >= 4 is 5.91 Å². The van der Waals surface area contributed by atoms with Crippen molar-refractivity contribution in [1.82, 2.24) is 20.1 Å². The molecule has 0 atom stereocenters. The van der Waals surface area contributed by atoms with Crippen LogP contribution in [-0.2, 0) is 24.2 Å². The third kappa shape index (κ3) is 3.55. The Morgan fingerprint density at radius 1 is 1.26 bits per heavy atom. The first-order valence-electron chi connectivity index (χ1n) is 7.18. The van der Waals surface area contributed by atoms with Gasteiger partial charge in [0.05, 0.1) is 0 Å². The maximum absolute atomic E-state index is 11.8. The Hall–Kier alpha value is -1.39. The molecule has 106 valence electrons. The van der Waals surface area contributed by atoms with E-state index in [0.29, 0.717) is 6.54 Å². The van der Waals surface area contributed by atoms with E-state index in [1.807, 2.05) is 20.8 Å². The second kappa shape index (κ2) is 5.72. The average molecular weight is 264 g/mol. The molecule has 5 nitrogen and oxygen atoms in total. The molecule has 2 rings (SSSR count). The molecule has 0 spiro atoms. The van der Waals surface area contributed by atoms with E-state index in [4.69, 9.17) is 0 Å². The molecule has 2 heterocycles. The normalized spacial score (nSPS) is 15.7. The first-order chi connectivity index (χ1) is 8.98. The summed E-state index contributed by atoms with van der Waals surface area (Å²) in [5.41, 5.74) is -0.332. The van der Waals surface area contributed by atoms with Crippen LogP contribution in [0.15, 0.2) is 0 Å². The lowest BCUT2D eigenvalue weighted by Gasteiger charge is -2.17. The lowest BCUT2D eigenvalue weighted by molar-refractivity contribution is -0.128. The number of carbonyl (C=O) groups excluding carboxylic acids is 1. The van der Waals surface area contributed by atoms with Crippen LogP contribution in [0.2, 0.25) is 0 Å². The van der Waals surface area contributed by atoms with E-state index in [9.17, 15) is 4.79 Å². The minimum Gasteiger partial charge on any atom is -0.355 e. The first kappa shape index (κ1) is 14.0. The van der Waals surface area contributed by atoms with Crippen LogP contribution < -0.4 is 5.32 Å². The summed E-state index contributed by atoms with van der Waals surface area (Å²) in [7, 11) is 0. The number of rotatable bonds is 3. The Labute approximate surface area is 114 Å². The van der Waals surface area contributed by atoms with E-state index in [1.165, 1.54) is 19.3 Å². The van der Waals surface area contributed by atoms with E-state index in [1.54, 1.807) is 0 Å². The third-order valence-corrected chi connectivity index (χ3v) is 3.50. The smallest absolute Gasteiger partial charge is 0.225 e. The van der Waals surface area contributed by atoms with Crippen LogP contribution in [0.5, 0.6) is 0 Å². The highest BCUT2D eigenvalue weighted by Gasteiger charge is 2.21. The summed E-state index contributed by atoms with van der Waals surface area (Å²) in [5, 5.41) is 11.5. The monoisotopic (exact) mass is 264 g/mol.